The van der Waals surface area contributed by atoms with Crippen LogP contribution in [0.2, 0.25) is 0 Å². The van der Waals surface area contributed by atoms with Gasteiger partial charge >= 0.3 is 0 Å². The van der Waals surface area contributed by atoms with Gasteiger partial charge in [-0.25, -0.2) is 0 Å². The van der Waals surface area contributed by atoms with Crippen molar-refractivity contribution in [3.05, 3.63) is 101 Å². The largest absolute Gasteiger partial charge is 0.507 e. The van der Waals surface area contributed by atoms with E-state index in [4.69, 9.17) is 4.74 Å². The molecule has 1 atom stereocenters. The number of ether oxygens (including phenoxy) is 1. The Bertz CT molecular complexity index is 1420. The molecular formula is C28H24N2O4. The summed E-state index contributed by atoms with van der Waals surface area (Å²) in [6.07, 6.45) is 1.66. The third-order valence-electron chi connectivity index (χ3n) is 6.11. The van der Waals surface area contributed by atoms with Crippen LogP contribution in [0.15, 0.2) is 84.6 Å². The number of carbonyl (C=O) groups excluding carboxylic acids is 2. The number of rotatable bonds is 5. The summed E-state index contributed by atoms with van der Waals surface area (Å²) in [6.45, 7) is 4.39. The lowest BCUT2D eigenvalue weighted by Gasteiger charge is -2.25. The monoisotopic (exact) mass is 452 g/mol. The fourth-order valence-corrected chi connectivity index (χ4v) is 4.45. The molecule has 34 heavy (non-hydrogen) atoms. The van der Waals surface area contributed by atoms with Gasteiger partial charge in [0, 0.05) is 28.4 Å². The number of aryl methyl sites for hydroxylation is 1. The van der Waals surface area contributed by atoms with Crippen molar-refractivity contribution < 1.29 is 19.4 Å². The molecule has 1 aromatic heterocycles. The first-order valence-corrected chi connectivity index (χ1v) is 11.2. The Kier molecular flexibility index (Phi) is 5.42. The summed E-state index contributed by atoms with van der Waals surface area (Å²) >= 11 is 0. The van der Waals surface area contributed by atoms with Crippen LogP contribution in [-0.4, -0.2) is 28.4 Å². The number of benzene rings is 3. The first-order chi connectivity index (χ1) is 16.5. The van der Waals surface area contributed by atoms with E-state index in [1.54, 1.807) is 18.3 Å². The molecule has 0 aliphatic carbocycles. The lowest BCUT2D eigenvalue weighted by Crippen LogP contribution is -2.29. The number of hydrogen-bond acceptors (Lipinski definition) is 4. The molecule has 3 aromatic carbocycles. The Morgan fingerprint density at radius 1 is 1.00 bits per heavy atom. The Hall–Kier alpha value is -4.32. The molecular weight excluding hydrogens is 428 g/mol. The second kappa shape index (κ2) is 8.56. The minimum atomic E-state index is -0.785. The number of aliphatic hydroxyl groups excluding tert-OH is 1. The molecule has 4 aromatic rings. The molecule has 5 rings (SSSR count). The van der Waals surface area contributed by atoms with Gasteiger partial charge in [0.25, 0.3) is 11.7 Å². The van der Waals surface area contributed by atoms with Gasteiger partial charge in [0.05, 0.1) is 18.2 Å². The highest BCUT2D eigenvalue weighted by Gasteiger charge is 2.47. The van der Waals surface area contributed by atoms with Gasteiger partial charge in [-0.1, -0.05) is 48.0 Å². The summed E-state index contributed by atoms with van der Waals surface area (Å²) in [5.41, 5.74) is 3.69. The quantitative estimate of drug-likeness (QED) is 0.238. The summed E-state index contributed by atoms with van der Waals surface area (Å²) in [6, 6.07) is 21.4. The molecule has 1 aliphatic heterocycles. The third kappa shape index (κ3) is 3.53. The van der Waals surface area contributed by atoms with Crippen molar-refractivity contribution in [1.82, 2.24) is 4.98 Å². The van der Waals surface area contributed by atoms with Crippen molar-refractivity contribution in [2.24, 2.45) is 0 Å². The molecule has 0 saturated carbocycles. The number of nitrogens with zero attached hydrogens (tertiary/aromatic N) is 1. The zero-order valence-electron chi connectivity index (χ0n) is 18.9. The predicted octanol–water partition coefficient (Wildman–Crippen LogP) is 5.50. The zero-order valence-corrected chi connectivity index (χ0v) is 18.9. The van der Waals surface area contributed by atoms with Gasteiger partial charge in [-0.15, -0.1) is 0 Å². The highest BCUT2D eigenvalue weighted by atomic mass is 16.5. The van der Waals surface area contributed by atoms with Crippen LogP contribution in [0, 0.1) is 6.92 Å². The second-order valence-corrected chi connectivity index (χ2v) is 8.25. The number of H-pyrrole nitrogens is 1. The number of amides is 1. The maximum atomic E-state index is 13.3. The number of anilines is 1. The van der Waals surface area contributed by atoms with E-state index in [0.29, 0.717) is 29.2 Å². The summed E-state index contributed by atoms with van der Waals surface area (Å²) in [7, 11) is 0. The number of aromatic amines is 1. The van der Waals surface area contributed by atoms with Gasteiger partial charge < -0.3 is 14.8 Å². The van der Waals surface area contributed by atoms with Crippen LogP contribution in [0.25, 0.3) is 16.7 Å². The number of Topliss-reactive ketones (excluding diaryl/α,β-unsaturated/α-hetero) is 1. The lowest BCUT2D eigenvalue weighted by atomic mass is 9.95. The van der Waals surface area contributed by atoms with Gasteiger partial charge in [-0.3, -0.25) is 14.5 Å². The van der Waals surface area contributed by atoms with Crippen LogP contribution < -0.4 is 9.64 Å². The molecule has 6 heteroatoms. The van der Waals surface area contributed by atoms with Crippen LogP contribution in [0.3, 0.4) is 0 Å². The van der Waals surface area contributed by atoms with E-state index in [2.05, 4.69) is 4.98 Å². The Balaban J connectivity index is 1.71. The summed E-state index contributed by atoms with van der Waals surface area (Å²) < 4.78 is 5.56. The molecule has 0 radical (unpaired) electrons. The van der Waals surface area contributed by atoms with Crippen LogP contribution in [-0.2, 0) is 9.59 Å². The Labute approximate surface area is 197 Å². The van der Waals surface area contributed by atoms with Gasteiger partial charge in [0.15, 0.2) is 0 Å². The smallest absolute Gasteiger partial charge is 0.300 e. The van der Waals surface area contributed by atoms with Gasteiger partial charge in [-0.2, -0.15) is 0 Å². The van der Waals surface area contributed by atoms with Gasteiger partial charge in [0.2, 0.25) is 0 Å². The standard InChI is InChI=1S/C28H24N2O4/c1-3-34-20-14-10-18(11-15-20)25-24(26(31)22-16-29-23-7-5-4-6-21(22)23)27(32)28(33)30(25)19-12-8-17(2)9-13-19/h4-16,25,29,31H,3H2,1-2H3/b26-24-. The van der Waals surface area contributed by atoms with Gasteiger partial charge in [0.1, 0.15) is 11.5 Å². The molecule has 2 N–H and O–H groups in total. The molecule has 1 saturated heterocycles. The normalized spacial score (nSPS) is 17.5. The van der Waals surface area contributed by atoms with Crippen molar-refractivity contribution in [1.29, 1.82) is 0 Å². The average molecular weight is 453 g/mol. The molecule has 1 fully saturated rings. The van der Waals surface area contributed by atoms with Crippen LogP contribution in [0.1, 0.15) is 29.7 Å². The molecule has 0 bridgehead atoms. The first-order valence-electron chi connectivity index (χ1n) is 11.2. The molecule has 1 unspecified atom stereocenters. The molecule has 2 heterocycles. The van der Waals surface area contributed by atoms with Crippen molar-refractivity contribution in [2.45, 2.75) is 19.9 Å². The number of ketones is 1. The SMILES string of the molecule is CCOc1ccc(C2/C(=C(/O)c3c[nH]c4ccccc34)C(=O)C(=O)N2c2ccc(C)cc2)cc1. The highest BCUT2D eigenvalue weighted by molar-refractivity contribution is 6.51. The molecule has 1 amide bonds. The van der Waals surface area contributed by atoms with E-state index < -0.39 is 17.7 Å². The maximum absolute atomic E-state index is 13.3. The fraction of sp³-hybridized carbons (Fsp3) is 0.143. The van der Waals surface area contributed by atoms with Crippen molar-refractivity contribution >= 4 is 34.0 Å². The number of hydrogen-bond donors (Lipinski definition) is 2. The Morgan fingerprint density at radius 3 is 2.41 bits per heavy atom. The average Bonchev–Trinajstić information content (AvgIpc) is 3.39. The third-order valence-corrected chi connectivity index (χ3v) is 6.11. The number of nitrogens with one attached hydrogen (secondary N) is 1. The number of aromatic nitrogens is 1. The fourth-order valence-electron chi connectivity index (χ4n) is 4.45. The van der Waals surface area contributed by atoms with E-state index in [1.165, 1.54) is 4.90 Å². The molecule has 6 nitrogen and oxygen atoms in total. The zero-order chi connectivity index (χ0) is 23.8. The van der Waals surface area contributed by atoms with Crippen molar-refractivity contribution in [3.8, 4) is 5.75 Å². The van der Waals surface area contributed by atoms with Crippen molar-refractivity contribution in [3.63, 3.8) is 0 Å². The van der Waals surface area contributed by atoms with Crippen LogP contribution in [0.4, 0.5) is 5.69 Å². The molecule has 170 valence electrons. The first kappa shape index (κ1) is 21.5. The molecule has 1 aliphatic rings. The maximum Gasteiger partial charge on any atom is 0.300 e. The second-order valence-electron chi connectivity index (χ2n) is 8.25. The topological polar surface area (TPSA) is 82.6 Å². The highest BCUT2D eigenvalue weighted by Crippen LogP contribution is 2.43. The molecule has 0 spiro atoms. The number of carbonyl (C=O) groups is 2. The predicted molar refractivity (Wildman–Crippen MR) is 132 cm³/mol. The van der Waals surface area contributed by atoms with E-state index >= 15 is 0 Å². The number of aliphatic hydroxyl groups is 1. The van der Waals surface area contributed by atoms with Crippen LogP contribution >= 0.6 is 0 Å². The summed E-state index contributed by atoms with van der Waals surface area (Å²) in [5.74, 6) is -0.911. The lowest BCUT2D eigenvalue weighted by molar-refractivity contribution is -0.132. The number of fused-ring (bicyclic) bond motifs is 1. The van der Waals surface area contributed by atoms with E-state index in [-0.39, 0.29) is 11.3 Å². The van der Waals surface area contributed by atoms with E-state index in [0.717, 1.165) is 16.5 Å². The minimum Gasteiger partial charge on any atom is -0.507 e. The van der Waals surface area contributed by atoms with E-state index in [1.807, 2.05) is 74.5 Å². The number of para-hydroxylation sites is 1. The van der Waals surface area contributed by atoms with E-state index in [9.17, 15) is 14.7 Å². The van der Waals surface area contributed by atoms with Gasteiger partial charge in [-0.05, 0) is 49.7 Å². The van der Waals surface area contributed by atoms with Crippen molar-refractivity contribution in [2.75, 3.05) is 11.5 Å². The summed E-state index contributed by atoms with van der Waals surface area (Å²) in [5, 5.41) is 12.2. The minimum absolute atomic E-state index is 0.0551. The van der Waals surface area contributed by atoms with Crippen LogP contribution in [0.5, 0.6) is 5.75 Å². The summed E-state index contributed by atoms with van der Waals surface area (Å²) in [4.78, 5) is 31.2. The Morgan fingerprint density at radius 2 is 1.71 bits per heavy atom.